The van der Waals surface area contributed by atoms with Crippen LogP contribution in [-0.2, 0) is 11.2 Å². The zero-order valence-electron chi connectivity index (χ0n) is 17.3. The maximum Gasteiger partial charge on any atom is 0.203 e. The van der Waals surface area contributed by atoms with Crippen molar-refractivity contribution >= 4 is 5.78 Å². The minimum Gasteiger partial charge on any atom is -0.493 e. The lowest BCUT2D eigenvalue weighted by Gasteiger charge is -2.19. The highest BCUT2D eigenvalue weighted by Crippen LogP contribution is 2.41. The van der Waals surface area contributed by atoms with Crippen molar-refractivity contribution in [1.82, 2.24) is 0 Å². The average molecular weight is 388 g/mol. The van der Waals surface area contributed by atoms with Gasteiger partial charge in [-0.1, -0.05) is 6.07 Å². The Balaban J connectivity index is 2.30. The van der Waals surface area contributed by atoms with Gasteiger partial charge in [0, 0.05) is 5.92 Å². The highest BCUT2D eigenvalue weighted by molar-refractivity contribution is 5.84. The fourth-order valence-electron chi connectivity index (χ4n) is 3.25. The Morgan fingerprint density at radius 1 is 0.786 bits per heavy atom. The number of Topliss-reactive ketones (excluding diaryl/α,β-unsaturated/α-hetero) is 1. The first-order valence-corrected chi connectivity index (χ1v) is 9.00. The number of aryl methyl sites for hydroxylation is 1. The van der Waals surface area contributed by atoms with Gasteiger partial charge in [0.25, 0.3) is 0 Å². The molecule has 0 amide bonds. The molecule has 6 nitrogen and oxygen atoms in total. The van der Waals surface area contributed by atoms with E-state index in [4.69, 9.17) is 23.7 Å². The Morgan fingerprint density at radius 3 is 1.82 bits per heavy atom. The average Bonchev–Trinajstić information content (AvgIpc) is 2.72. The molecule has 0 N–H and O–H groups in total. The van der Waals surface area contributed by atoms with Crippen molar-refractivity contribution in [2.24, 2.45) is 0 Å². The van der Waals surface area contributed by atoms with Gasteiger partial charge < -0.3 is 23.7 Å². The molecule has 1 atom stereocenters. The van der Waals surface area contributed by atoms with Gasteiger partial charge >= 0.3 is 0 Å². The number of methoxy groups -OCH3 is 5. The van der Waals surface area contributed by atoms with Crippen molar-refractivity contribution < 1.29 is 28.5 Å². The first kappa shape index (κ1) is 21.4. The number of carbonyl (C=O) groups excluding carboxylic acids is 1. The second-order valence-corrected chi connectivity index (χ2v) is 6.35. The van der Waals surface area contributed by atoms with Crippen molar-refractivity contribution in [3.8, 4) is 28.7 Å². The molecule has 0 heterocycles. The van der Waals surface area contributed by atoms with E-state index >= 15 is 0 Å². The van der Waals surface area contributed by atoms with E-state index in [-0.39, 0.29) is 11.7 Å². The number of benzene rings is 2. The van der Waals surface area contributed by atoms with Gasteiger partial charge in [0.05, 0.1) is 35.5 Å². The van der Waals surface area contributed by atoms with Crippen LogP contribution in [0.15, 0.2) is 30.3 Å². The molecular formula is C22H28O6. The molecule has 2 rings (SSSR count). The molecule has 0 aliphatic rings. The number of hydrogen-bond donors (Lipinski definition) is 0. The normalized spacial score (nSPS) is 11.5. The summed E-state index contributed by atoms with van der Waals surface area (Å²) in [7, 11) is 7.89. The fraction of sp³-hybridized carbons (Fsp3) is 0.409. The third-order valence-electron chi connectivity index (χ3n) is 4.75. The lowest BCUT2D eigenvalue weighted by Crippen LogP contribution is -2.11. The van der Waals surface area contributed by atoms with Crippen molar-refractivity contribution in [3.05, 3.63) is 41.5 Å². The van der Waals surface area contributed by atoms with Crippen molar-refractivity contribution in [3.63, 3.8) is 0 Å². The minimum absolute atomic E-state index is 0.0785. The molecule has 0 aliphatic heterocycles. The Morgan fingerprint density at radius 2 is 1.36 bits per heavy atom. The van der Waals surface area contributed by atoms with Crippen LogP contribution in [0.2, 0.25) is 0 Å². The lowest BCUT2D eigenvalue weighted by atomic mass is 9.89. The third-order valence-corrected chi connectivity index (χ3v) is 4.75. The van der Waals surface area contributed by atoms with E-state index in [2.05, 4.69) is 0 Å². The zero-order valence-corrected chi connectivity index (χ0v) is 17.3. The SMILES string of the molecule is COc1ccc(CCC(C(C)=O)c2cc(OC)c(OC)c(OC)c2)cc1OC. The van der Waals surface area contributed by atoms with Gasteiger partial charge in [-0.2, -0.15) is 0 Å². The number of carbonyl (C=O) groups is 1. The van der Waals surface area contributed by atoms with Crippen molar-refractivity contribution in [2.75, 3.05) is 35.5 Å². The van der Waals surface area contributed by atoms with Crippen molar-refractivity contribution in [1.29, 1.82) is 0 Å². The van der Waals surface area contributed by atoms with E-state index in [0.29, 0.717) is 41.6 Å². The molecule has 2 aromatic carbocycles. The minimum atomic E-state index is -0.290. The summed E-state index contributed by atoms with van der Waals surface area (Å²) in [4.78, 5) is 12.4. The molecule has 0 aliphatic carbocycles. The smallest absolute Gasteiger partial charge is 0.203 e. The van der Waals surface area contributed by atoms with Gasteiger partial charge in [-0.05, 0) is 55.2 Å². The van der Waals surface area contributed by atoms with Crippen LogP contribution in [0.5, 0.6) is 28.7 Å². The number of ether oxygens (including phenoxy) is 5. The molecule has 0 radical (unpaired) electrons. The predicted molar refractivity (Wildman–Crippen MR) is 107 cm³/mol. The number of ketones is 1. The van der Waals surface area contributed by atoms with E-state index < -0.39 is 0 Å². The summed E-state index contributed by atoms with van der Waals surface area (Å²) in [6, 6.07) is 9.46. The Bertz CT molecular complexity index is 790. The van der Waals surface area contributed by atoms with Crippen LogP contribution in [0.25, 0.3) is 0 Å². The maximum absolute atomic E-state index is 12.4. The number of rotatable bonds is 10. The monoisotopic (exact) mass is 388 g/mol. The first-order chi connectivity index (χ1) is 13.5. The molecule has 152 valence electrons. The van der Waals surface area contributed by atoms with Crippen LogP contribution >= 0.6 is 0 Å². The molecule has 0 saturated carbocycles. The zero-order chi connectivity index (χ0) is 20.7. The van der Waals surface area contributed by atoms with Gasteiger partial charge in [0.2, 0.25) is 5.75 Å². The standard InChI is InChI=1S/C22H28O6/c1-14(23)17(9-7-15-8-10-18(24-2)19(11-15)25-3)16-12-20(26-4)22(28-6)21(13-16)27-5/h8,10-13,17H,7,9H2,1-6H3. The fourth-order valence-corrected chi connectivity index (χ4v) is 3.25. The third kappa shape index (κ3) is 4.68. The van der Waals surface area contributed by atoms with Crippen LogP contribution in [0.4, 0.5) is 0 Å². The summed E-state index contributed by atoms with van der Waals surface area (Å²) in [5, 5.41) is 0. The second kappa shape index (κ2) is 9.88. The molecule has 0 saturated heterocycles. The quantitative estimate of drug-likeness (QED) is 0.612. The van der Waals surface area contributed by atoms with Gasteiger partial charge in [0.1, 0.15) is 5.78 Å². The molecule has 2 aromatic rings. The maximum atomic E-state index is 12.4. The summed E-state index contributed by atoms with van der Waals surface area (Å²) >= 11 is 0. The molecule has 1 unspecified atom stereocenters. The topological polar surface area (TPSA) is 63.2 Å². The van der Waals surface area contributed by atoms with Crippen LogP contribution < -0.4 is 23.7 Å². The summed E-state index contributed by atoms with van der Waals surface area (Å²) in [6.07, 6.45) is 1.35. The molecule has 0 bridgehead atoms. The first-order valence-electron chi connectivity index (χ1n) is 9.00. The van der Waals surface area contributed by atoms with Gasteiger partial charge in [-0.15, -0.1) is 0 Å². The van der Waals surface area contributed by atoms with E-state index in [1.165, 1.54) is 0 Å². The predicted octanol–water partition coefficient (Wildman–Crippen LogP) is 4.04. The number of hydrogen-bond acceptors (Lipinski definition) is 6. The van der Waals surface area contributed by atoms with Crippen LogP contribution in [0, 0.1) is 0 Å². The summed E-state index contributed by atoms with van der Waals surface area (Å²) in [6.45, 7) is 1.60. The largest absolute Gasteiger partial charge is 0.493 e. The van der Waals surface area contributed by atoms with Crippen LogP contribution in [0.1, 0.15) is 30.4 Å². The molecule has 0 aromatic heterocycles. The second-order valence-electron chi connectivity index (χ2n) is 6.35. The summed E-state index contributed by atoms with van der Waals surface area (Å²) in [5.74, 6) is 2.72. The Labute approximate surface area is 166 Å². The van der Waals surface area contributed by atoms with Gasteiger partial charge in [-0.3, -0.25) is 4.79 Å². The molecular weight excluding hydrogens is 360 g/mol. The van der Waals surface area contributed by atoms with Crippen LogP contribution in [0.3, 0.4) is 0 Å². The van der Waals surface area contributed by atoms with E-state index in [1.807, 2.05) is 30.3 Å². The van der Waals surface area contributed by atoms with Gasteiger partial charge in [-0.25, -0.2) is 0 Å². The lowest BCUT2D eigenvalue weighted by molar-refractivity contribution is -0.118. The molecule has 0 fully saturated rings. The Hall–Kier alpha value is -2.89. The van der Waals surface area contributed by atoms with E-state index in [1.54, 1.807) is 42.5 Å². The van der Waals surface area contributed by atoms with Crippen LogP contribution in [-0.4, -0.2) is 41.3 Å². The van der Waals surface area contributed by atoms with Crippen molar-refractivity contribution in [2.45, 2.75) is 25.7 Å². The molecule has 0 spiro atoms. The van der Waals surface area contributed by atoms with Gasteiger partial charge in [0.15, 0.2) is 23.0 Å². The van der Waals surface area contributed by atoms with E-state index in [9.17, 15) is 4.79 Å². The highest BCUT2D eigenvalue weighted by atomic mass is 16.5. The summed E-state index contributed by atoms with van der Waals surface area (Å²) < 4.78 is 26.9. The molecule has 28 heavy (non-hydrogen) atoms. The van der Waals surface area contributed by atoms with E-state index in [0.717, 1.165) is 11.1 Å². The summed E-state index contributed by atoms with van der Waals surface area (Å²) in [5.41, 5.74) is 1.90. The molecule has 6 heteroatoms. The highest BCUT2D eigenvalue weighted by Gasteiger charge is 2.22. The Kier molecular flexibility index (Phi) is 7.55.